The average Bonchev–Trinajstić information content (AvgIpc) is 2.78. The molecule has 1 heterocycles. The zero-order valence-corrected chi connectivity index (χ0v) is 15.2. The number of rotatable bonds is 3. The van der Waals surface area contributed by atoms with Crippen LogP contribution in [0.1, 0.15) is 36.9 Å². The van der Waals surface area contributed by atoms with Gasteiger partial charge in [0, 0.05) is 10.0 Å². The lowest BCUT2D eigenvalue weighted by molar-refractivity contribution is -0.126. The quantitative estimate of drug-likeness (QED) is 0.842. The topological polar surface area (TPSA) is 64.4 Å². The van der Waals surface area contributed by atoms with Crippen LogP contribution in [0.3, 0.4) is 0 Å². The van der Waals surface area contributed by atoms with Crippen molar-refractivity contribution in [3.8, 4) is 5.75 Å². The van der Waals surface area contributed by atoms with Crippen molar-refractivity contribution in [2.24, 2.45) is 5.73 Å². The van der Waals surface area contributed by atoms with Crippen LogP contribution in [0.15, 0.2) is 53.0 Å². The molecule has 1 aliphatic heterocycles. The summed E-state index contributed by atoms with van der Waals surface area (Å²) >= 11 is 3.40. The van der Waals surface area contributed by atoms with Crippen LogP contribution in [-0.4, -0.2) is 12.5 Å². The van der Waals surface area contributed by atoms with Crippen LogP contribution in [0, 0.1) is 0 Å². The van der Waals surface area contributed by atoms with E-state index in [2.05, 4.69) is 21.2 Å². The van der Waals surface area contributed by atoms with E-state index in [1.807, 2.05) is 48.5 Å². The lowest BCUT2D eigenvalue weighted by atomic mass is 9.91. The first-order chi connectivity index (χ1) is 11.5. The standard InChI is InChI=1S/C19H21BrN2O2/c1-19(21,13-8-10-14(20)11-9-13)18(23)22-16-6-4-12-24-17-7-3-2-5-15(16)17/h2-3,5,7-11,16H,4,6,12,21H2,1H3,(H,22,23). The largest absolute Gasteiger partial charge is 0.493 e. The first kappa shape index (κ1) is 17.0. The summed E-state index contributed by atoms with van der Waals surface area (Å²) < 4.78 is 6.71. The minimum atomic E-state index is -1.09. The summed E-state index contributed by atoms with van der Waals surface area (Å²) in [6, 6.07) is 15.3. The van der Waals surface area contributed by atoms with Crippen molar-refractivity contribution in [1.82, 2.24) is 5.32 Å². The third-order valence-corrected chi connectivity index (χ3v) is 4.94. The second-order valence-electron chi connectivity index (χ2n) is 6.26. The number of para-hydroxylation sites is 1. The number of benzene rings is 2. The second kappa shape index (κ2) is 6.95. The van der Waals surface area contributed by atoms with E-state index < -0.39 is 5.54 Å². The molecule has 4 nitrogen and oxygen atoms in total. The van der Waals surface area contributed by atoms with Gasteiger partial charge in [-0.15, -0.1) is 0 Å². The highest BCUT2D eigenvalue weighted by atomic mass is 79.9. The van der Waals surface area contributed by atoms with Gasteiger partial charge in [-0.25, -0.2) is 0 Å². The van der Waals surface area contributed by atoms with E-state index in [4.69, 9.17) is 10.5 Å². The number of nitrogens with two attached hydrogens (primary N) is 1. The monoisotopic (exact) mass is 388 g/mol. The van der Waals surface area contributed by atoms with Crippen LogP contribution in [0.5, 0.6) is 5.75 Å². The van der Waals surface area contributed by atoms with Crippen LogP contribution in [0.25, 0.3) is 0 Å². The molecular weight excluding hydrogens is 368 g/mol. The molecule has 2 unspecified atom stereocenters. The van der Waals surface area contributed by atoms with Crippen molar-refractivity contribution >= 4 is 21.8 Å². The van der Waals surface area contributed by atoms with E-state index >= 15 is 0 Å². The van der Waals surface area contributed by atoms with Crippen LogP contribution in [0.2, 0.25) is 0 Å². The Labute approximate surface area is 150 Å². The molecule has 0 aliphatic carbocycles. The number of amides is 1. The Morgan fingerprint density at radius 3 is 2.71 bits per heavy atom. The minimum Gasteiger partial charge on any atom is -0.493 e. The summed E-state index contributed by atoms with van der Waals surface area (Å²) in [5, 5.41) is 3.11. The van der Waals surface area contributed by atoms with Crippen LogP contribution in [0.4, 0.5) is 0 Å². The number of nitrogens with one attached hydrogen (secondary N) is 1. The number of carbonyl (C=O) groups is 1. The van der Waals surface area contributed by atoms with E-state index in [9.17, 15) is 4.79 Å². The second-order valence-corrected chi connectivity index (χ2v) is 7.18. The third kappa shape index (κ3) is 3.47. The maximum atomic E-state index is 12.9. The number of hydrogen-bond acceptors (Lipinski definition) is 3. The van der Waals surface area contributed by atoms with Gasteiger partial charge in [0.2, 0.25) is 5.91 Å². The molecule has 2 atom stereocenters. The molecule has 2 aromatic carbocycles. The fourth-order valence-corrected chi connectivity index (χ4v) is 3.17. The molecule has 0 radical (unpaired) electrons. The number of halogens is 1. The van der Waals surface area contributed by atoms with Crippen molar-refractivity contribution in [3.63, 3.8) is 0 Å². The molecule has 2 aromatic rings. The van der Waals surface area contributed by atoms with Gasteiger partial charge >= 0.3 is 0 Å². The Balaban J connectivity index is 1.82. The number of hydrogen-bond donors (Lipinski definition) is 2. The Kier molecular flexibility index (Phi) is 4.92. The molecule has 3 N–H and O–H groups in total. The van der Waals surface area contributed by atoms with Gasteiger partial charge in [0.1, 0.15) is 11.3 Å². The van der Waals surface area contributed by atoms with Gasteiger partial charge in [0.25, 0.3) is 0 Å². The number of fused-ring (bicyclic) bond motifs is 1. The molecule has 0 fully saturated rings. The summed E-state index contributed by atoms with van der Waals surface area (Å²) in [7, 11) is 0. The number of ether oxygens (including phenoxy) is 1. The summed E-state index contributed by atoms with van der Waals surface area (Å²) in [6.07, 6.45) is 1.72. The minimum absolute atomic E-state index is 0.0884. The first-order valence-corrected chi connectivity index (χ1v) is 8.85. The fraction of sp³-hybridized carbons (Fsp3) is 0.316. The zero-order chi connectivity index (χ0) is 17.2. The molecule has 0 spiro atoms. The molecule has 126 valence electrons. The van der Waals surface area contributed by atoms with Gasteiger partial charge in [-0.1, -0.05) is 46.3 Å². The van der Waals surface area contributed by atoms with E-state index in [-0.39, 0.29) is 11.9 Å². The van der Waals surface area contributed by atoms with Crippen molar-refractivity contribution in [3.05, 3.63) is 64.1 Å². The highest BCUT2D eigenvalue weighted by Gasteiger charge is 2.33. The maximum absolute atomic E-state index is 12.9. The van der Waals surface area contributed by atoms with E-state index in [1.165, 1.54) is 0 Å². The van der Waals surface area contributed by atoms with Crippen molar-refractivity contribution < 1.29 is 9.53 Å². The molecule has 1 aliphatic rings. The highest BCUT2D eigenvalue weighted by molar-refractivity contribution is 9.10. The third-order valence-electron chi connectivity index (χ3n) is 4.41. The molecule has 0 bridgehead atoms. The lowest BCUT2D eigenvalue weighted by Crippen LogP contribution is -2.49. The SMILES string of the molecule is CC(N)(C(=O)NC1CCCOc2ccccc21)c1ccc(Br)cc1. The lowest BCUT2D eigenvalue weighted by Gasteiger charge is -2.28. The van der Waals surface area contributed by atoms with Crippen LogP contribution < -0.4 is 15.8 Å². The average molecular weight is 389 g/mol. The fourth-order valence-electron chi connectivity index (χ4n) is 2.91. The van der Waals surface area contributed by atoms with E-state index in [1.54, 1.807) is 6.92 Å². The molecule has 5 heteroatoms. The van der Waals surface area contributed by atoms with Crippen molar-refractivity contribution in [2.75, 3.05) is 6.61 Å². The van der Waals surface area contributed by atoms with Gasteiger partial charge in [-0.3, -0.25) is 4.79 Å². The van der Waals surface area contributed by atoms with Crippen molar-refractivity contribution in [1.29, 1.82) is 0 Å². The zero-order valence-electron chi connectivity index (χ0n) is 13.6. The Morgan fingerprint density at radius 2 is 1.96 bits per heavy atom. The van der Waals surface area contributed by atoms with Gasteiger partial charge in [0.05, 0.1) is 12.6 Å². The van der Waals surface area contributed by atoms with Gasteiger partial charge in [-0.2, -0.15) is 0 Å². The predicted molar refractivity (Wildman–Crippen MR) is 97.7 cm³/mol. The molecule has 24 heavy (non-hydrogen) atoms. The summed E-state index contributed by atoms with van der Waals surface area (Å²) in [5.41, 5.74) is 7.04. The summed E-state index contributed by atoms with van der Waals surface area (Å²) in [6.45, 7) is 2.40. The first-order valence-electron chi connectivity index (χ1n) is 8.06. The molecule has 0 aromatic heterocycles. The van der Waals surface area contributed by atoms with Crippen LogP contribution in [-0.2, 0) is 10.3 Å². The maximum Gasteiger partial charge on any atom is 0.244 e. The summed E-state index contributed by atoms with van der Waals surface area (Å²) in [5.74, 6) is 0.647. The molecular formula is C19H21BrN2O2. The van der Waals surface area contributed by atoms with Crippen LogP contribution >= 0.6 is 15.9 Å². The normalized spacial score (nSPS) is 19.4. The molecule has 3 rings (SSSR count). The molecule has 0 saturated carbocycles. The molecule has 0 saturated heterocycles. The van der Waals surface area contributed by atoms with Gasteiger partial charge in [-0.05, 0) is 43.5 Å². The van der Waals surface area contributed by atoms with Crippen molar-refractivity contribution in [2.45, 2.75) is 31.3 Å². The van der Waals surface area contributed by atoms with Gasteiger partial charge < -0.3 is 15.8 Å². The van der Waals surface area contributed by atoms with Gasteiger partial charge in [0.15, 0.2) is 0 Å². The summed E-state index contributed by atoms with van der Waals surface area (Å²) in [4.78, 5) is 12.9. The molecule has 1 amide bonds. The smallest absolute Gasteiger partial charge is 0.244 e. The number of carbonyl (C=O) groups excluding carboxylic acids is 1. The van der Waals surface area contributed by atoms with E-state index in [0.717, 1.165) is 34.2 Å². The Bertz CT molecular complexity index is 728. The predicted octanol–water partition coefficient (Wildman–Crippen LogP) is 3.65. The highest BCUT2D eigenvalue weighted by Crippen LogP contribution is 2.32. The Morgan fingerprint density at radius 1 is 1.25 bits per heavy atom. The Hall–Kier alpha value is -1.85. The van der Waals surface area contributed by atoms with E-state index in [0.29, 0.717) is 6.61 Å².